The molecular weight excluding hydrogens is 114 g/mol. The van der Waals surface area contributed by atoms with Crippen molar-refractivity contribution in [2.75, 3.05) is 6.61 Å². The van der Waals surface area contributed by atoms with Crippen molar-refractivity contribution < 1.29 is 4.74 Å². The van der Waals surface area contributed by atoms with Gasteiger partial charge in [-0.15, -0.1) is 0 Å². The molecule has 0 aliphatic carbocycles. The molecule has 0 aromatic heterocycles. The molecule has 54 valence electrons. The topological polar surface area (TPSA) is 35.2 Å². The van der Waals surface area contributed by atoms with E-state index in [2.05, 4.69) is 13.8 Å². The normalized spacial score (nSPS) is 36.0. The van der Waals surface area contributed by atoms with Crippen LogP contribution in [0.2, 0.25) is 0 Å². The van der Waals surface area contributed by atoms with E-state index in [-0.39, 0.29) is 6.23 Å². The second-order valence-electron chi connectivity index (χ2n) is 3.03. The van der Waals surface area contributed by atoms with Gasteiger partial charge in [0.15, 0.2) is 0 Å². The second kappa shape index (κ2) is 2.67. The lowest BCUT2D eigenvalue weighted by Gasteiger charge is -2.16. The first-order valence-corrected chi connectivity index (χ1v) is 3.59. The largest absolute Gasteiger partial charge is 0.363 e. The Bertz CT molecular complexity index is 92.9. The molecule has 0 unspecified atom stereocenters. The van der Waals surface area contributed by atoms with Gasteiger partial charge < -0.3 is 10.5 Å². The summed E-state index contributed by atoms with van der Waals surface area (Å²) >= 11 is 0. The second-order valence-corrected chi connectivity index (χ2v) is 3.03. The zero-order valence-electron chi connectivity index (χ0n) is 6.13. The first kappa shape index (κ1) is 7.03. The Kier molecular flexibility index (Phi) is 2.09. The van der Waals surface area contributed by atoms with Crippen molar-refractivity contribution in [3.8, 4) is 0 Å². The molecule has 2 heteroatoms. The fraction of sp³-hybridized carbons (Fsp3) is 1.00. The number of ether oxygens (including phenoxy) is 1. The molecule has 0 saturated carbocycles. The minimum atomic E-state index is 0.00463. The van der Waals surface area contributed by atoms with Crippen molar-refractivity contribution in [3.05, 3.63) is 0 Å². The van der Waals surface area contributed by atoms with Crippen LogP contribution >= 0.6 is 0 Å². The molecule has 0 aromatic rings. The molecule has 0 aromatic carbocycles. The predicted molar refractivity (Wildman–Crippen MR) is 36.9 cm³/mol. The van der Waals surface area contributed by atoms with E-state index in [0.29, 0.717) is 11.8 Å². The molecule has 0 bridgehead atoms. The molecule has 2 nitrogen and oxygen atoms in total. The van der Waals surface area contributed by atoms with Crippen molar-refractivity contribution in [3.63, 3.8) is 0 Å². The molecule has 1 aliphatic heterocycles. The summed E-state index contributed by atoms with van der Waals surface area (Å²) in [6.45, 7) is 5.24. The highest BCUT2D eigenvalue weighted by Crippen LogP contribution is 2.24. The number of nitrogens with two attached hydrogens (primary N) is 1. The van der Waals surface area contributed by atoms with Crippen molar-refractivity contribution in [2.24, 2.45) is 17.6 Å². The molecule has 2 atom stereocenters. The van der Waals surface area contributed by atoms with Crippen LogP contribution in [0.4, 0.5) is 0 Å². The summed E-state index contributed by atoms with van der Waals surface area (Å²) in [6, 6.07) is 0. The Labute approximate surface area is 56.4 Å². The molecule has 2 N–H and O–H groups in total. The van der Waals surface area contributed by atoms with Crippen LogP contribution < -0.4 is 5.73 Å². The van der Waals surface area contributed by atoms with E-state index >= 15 is 0 Å². The monoisotopic (exact) mass is 129 g/mol. The minimum Gasteiger partial charge on any atom is -0.363 e. The molecule has 0 radical (unpaired) electrons. The van der Waals surface area contributed by atoms with E-state index in [0.717, 1.165) is 13.0 Å². The standard InChI is InChI=1S/C7H15NO/c1-5(2)6-3-4-9-7(6)8/h5-7H,3-4,8H2,1-2H3/t6-,7-/m1/s1. The lowest BCUT2D eigenvalue weighted by Crippen LogP contribution is -2.29. The zero-order valence-corrected chi connectivity index (χ0v) is 6.13. The molecular formula is C7H15NO. The van der Waals surface area contributed by atoms with Gasteiger partial charge in [0.1, 0.15) is 6.23 Å². The van der Waals surface area contributed by atoms with Crippen LogP contribution in [0, 0.1) is 11.8 Å². The SMILES string of the molecule is CC(C)[C@H]1CCO[C@H]1N. The maximum absolute atomic E-state index is 5.66. The van der Waals surface area contributed by atoms with Gasteiger partial charge in [-0.25, -0.2) is 0 Å². The Balaban J connectivity index is 2.40. The van der Waals surface area contributed by atoms with Crippen LogP contribution in [0.25, 0.3) is 0 Å². The Hall–Kier alpha value is -0.0800. The van der Waals surface area contributed by atoms with E-state index in [1.165, 1.54) is 0 Å². The van der Waals surface area contributed by atoms with E-state index in [1.807, 2.05) is 0 Å². The van der Waals surface area contributed by atoms with Gasteiger partial charge in [-0.05, 0) is 12.3 Å². The van der Waals surface area contributed by atoms with Gasteiger partial charge in [0.2, 0.25) is 0 Å². The molecule has 1 fully saturated rings. The fourth-order valence-electron chi connectivity index (χ4n) is 1.34. The van der Waals surface area contributed by atoms with Gasteiger partial charge in [-0.1, -0.05) is 13.8 Å². The van der Waals surface area contributed by atoms with Crippen molar-refractivity contribution in [2.45, 2.75) is 26.5 Å². The summed E-state index contributed by atoms with van der Waals surface area (Å²) in [5.74, 6) is 1.26. The summed E-state index contributed by atoms with van der Waals surface area (Å²) in [6.07, 6.45) is 1.14. The highest BCUT2D eigenvalue weighted by atomic mass is 16.5. The number of rotatable bonds is 1. The number of hydrogen-bond acceptors (Lipinski definition) is 2. The summed E-state index contributed by atoms with van der Waals surface area (Å²) < 4.78 is 5.20. The average Bonchev–Trinajstić information content (AvgIpc) is 2.13. The average molecular weight is 129 g/mol. The Morgan fingerprint density at radius 1 is 1.56 bits per heavy atom. The van der Waals surface area contributed by atoms with Gasteiger partial charge in [-0.2, -0.15) is 0 Å². The molecule has 1 rings (SSSR count). The Morgan fingerprint density at radius 2 is 2.22 bits per heavy atom. The van der Waals surface area contributed by atoms with Crippen molar-refractivity contribution in [1.82, 2.24) is 0 Å². The maximum Gasteiger partial charge on any atom is 0.108 e. The zero-order chi connectivity index (χ0) is 6.85. The minimum absolute atomic E-state index is 0.00463. The van der Waals surface area contributed by atoms with Crippen molar-refractivity contribution >= 4 is 0 Å². The smallest absolute Gasteiger partial charge is 0.108 e. The Morgan fingerprint density at radius 3 is 2.44 bits per heavy atom. The lowest BCUT2D eigenvalue weighted by molar-refractivity contribution is 0.0849. The van der Waals surface area contributed by atoms with Gasteiger partial charge in [0.25, 0.3) is 0 Å². The molecule has 0 spiro atoms. The van der Waals surface area contributed by atoms with Gasteiger partial charge in [0.05, 0.1) is 0 Å². The van der Waals surface area contributed by atoms with Crippen LogP contribution in [0.5, 0.6) is 0 Å². The van der Waals surface area contributed by atoms with E-state index in [1.54, 1.807) is 0 Å². The van der Waals surface area contributed by atoms with E-state index in [9.17, 15) is 0 Å². The number of hydrogen-bond donors (Lipinski definition) is 1. The summed E-state index contributed by atoms with van der Waals surface area (Å²) in [5.41, 5.74) is 5.66. The third-order valence-corrected chi connectivity index (χ3v) is 2.04. The van der Waals surface area contributed by atoms with E-state index < -0.39 is 0 Å². The van der Waals surface area contributed by atoms with Crippen LogP contribution in [-0.2, 0) is 4.74 Å². The van der Waals surface area contributed by atoms with Crippen LogP contribution in [0.3, 0.4) is 0 Å². The van der Waals surface area contributed by atoms with Gasteiger partial charge in [-0.3, -0.25) is 0 Å². The molecule has 1 saturated heterocycles. The third kappa shape index (κ3) is 1.43. The van der Waals surface area contributed by atoms with Crippen molar-refractivity contribution in [1.29, 1.82) is 0 Å². The van der Waals surface area contributed by atoms with Crippen LogP contribution in [0.1, 0.15) is 20.3 Å². The quantitative estimate of drug-likeness (QED) is 0.572. The van der Waals surface area contributed by atoms with Crippen LogP contribution in [-0.4, -0.2) is 12.8 Å². The summed E-state index contributed by atoms with van der Waals surface area (Å²) in [5, 5.41) is 0. The summed E-state index contributed by atoms with van der Waals surface area (Å²) in [7, 11) is 0. The fourth-order valence-corrected chi connectivity index (χ4v) is 1.34. The van der Waals surface area contributed by atoms with Gasteiger partial charge >= 0.3 is 0 Å². The molecule has 0 amide bonds. The highest BCUT2D eigenvalue weighted by molar-refractivity contribution is 4.73. The lowest BCUT2D eigenvalue weighted by atomic mass is 9.93. The van der Waals surface area contributed by atoms with E-state index in [4.69, 9.17) is 10.5 Å². The van der Waals surface area contributed by atoms with Gasteiger partial charge in [0, 0.05) is 12.5 Å². The first-order chi connectivity index (χ1) is 4.22. The molecule has 1 aliphatic rings. The maximum atomic E-state index is 5.66. The molecule has 9 heavy (non-hydrogen) atoms. The molecule has 1 heterocycles. The summed E-state index contributed by atoms with van der Waals surface area (Å²) in [4.78, 5) is 0. The first-order valence-electron chi connectivity index (χ1n) is 3.59. The predicted octanol–water partition coefficient (Wildman–Crippen LogP) is 0.964. The van der Waals surface area contributed by atoms with Crippen LogP contribution in [0.15, 0.2) is 0 Å². The third-order valence-electron chi connectivity index (χ3n) is 2.04. The highest BCUT2D eigenvalue weighted by Gasteiger charge is 2.26.